The van der Waals surface area contributed by atoms with Crippen LogP contribution in [0.15, 0.2) is 42.2 Å². The topological polar surface area (TPSA) is 52.6 Å². The van der Waals surface area contributed by atoms with Crippen LogP contribution in [0.3, 0.4) is 0 Å². The van der Waals surface area contributed by atoms with Gasteiger partial charge in [-0.1, -0.05) is 23.7 Å². The Morgan fingerprint density at radius 2 is 1.79 bits per heavy atom. The zero-order chi connectivity index (χ0) is 14.3. The molecule has 0 aliphatic heterocycles. The second kappa shape index (κ2) is 7.38. The fourth-order valence-corrected chi connectivity index (χ4v) is 1.31. The van der Waals surface area contributed by atoms with Gasteiger partial charge in [-0.2, -0.15) is 0 Å². The van der Waals surface area contributed by atoms with Crippen molar-refractivity contribution < 1.29 is 19.1 Å². The summed E-state index contributed by atoms with van der Waals surface area (Å²) in [4.78, 5) is 22.3. The third-order valence-corrected chi connectivity index (χ3v) is 2.32. The van der Waals surface area contributed by atoms with Crippen molar-refractivity contribution in [1.29, 1.82) is 0 Å². The summed E-state index contributed by atoms with van der Waals surface area (Å²) in [5.74, 6) is -0.989. The molecule has 1 aromatic rings. The molecule has 0 radical (unpaired) electrons. The van der Waals surface area contributed by atoms with Crippen LogP contribution in [0.5, 0.6) is 0 Å². The molecular weight excluding hydrogens is 268 g/mol. The number of rotatable bonds is 4. The molecule has 0 amide bonds. The molecule has 0 fully saturated rings. The molecule has 4 nitrogen and oxygen atoms in total. The van der Waals surface area contributed by atoms with Gasteiger partial charge in [-0.25, -0.2) is 9.59 Å². The summed E-state index contributed by atoms with van der Waals surface area (Å²) < 4.78 is 9.28. The number of halogens is 1. The van der Waals surface area contributed by atoms with E-state index >= 15 is 0 Å². The number of benzene rings is 1. The number of esters is 2. The molecule has 0 saturated heterocycles. The van der Waals surface area contributed by atoms with E-state index in [-0.39, 0.29) is 5.76 Å². The van der Waals surface area contributed by atoms with Gasteiger partial charge >= 0.3 is 11.9 Å². The van der Waals surface area contributed by atoms with Crippen LogP contribution in [-0.4, -0.2) is 19.0 Å². The Bertz CT molecular complexity index is 515. The van der Waals surface area contributed by atoms with Crippen LogP contribution < -0.4 is 0 Å². The monoisotopic (exact) mass is 280 g/mol. The Morgan fingerprint density at radius 3 is 2.37 bits per heavy atom. The maximum Gasteiger partial charge on any atom is 0.335 e. The molecule has 0 heterocycles. The minimum atomic E-state index is -0.577. The first-order valence-electron chi connectivity index (χ1n) is 5.43. The van der Waals surface area contributed by atoms with E-state index in [4.69, 9.17) is 16.3 Å². The van der Waals surface area contributed by atoms with E-state index in [1.165, 1.54) is 20.1 Å². The number of carbonyl (C=O) groups excluding carboxylic acids is 2. The molecule has 19 heavy (non-hydrogen) atoms. The molecule has 0 saturated carbocycles. The molecule has 0 N–H and O–H groups in total. The first-order valence-corrected chi connectivity index (χ1v) is 5.81. The number of carbonyl (C=O) groups is 2. The van der Waals surface area contributed by atoms with Crippen LogP contribution in [0.4, 0.5) is 0 Å². The van der Waals surface area contributed by atoms with Crippen molar-refractivity contribution in [3.63, 3.8) is 0 Å². The maximum atomic E-state index is 11.4. The van der Waals surface area contributed by atoms with Gasteiger partial charge in [0.05, 0.1) is 13.2 Å². The molecule has 1 aromatic carbocycles. The molecule has 0 bridgehead atoms. The first-order chi connectivity index (χ1) is 9.01. The highest BCUT2D eigenvalue weighted by atomic mass is 35.5. The predicted molar refractivity (Wildman–Crippen MR) is 72.4 cm³/mol. The van der Waals surface area contributed by atoms with Crippen molar-refractivity contribution in [1.82, 2.24) is 0 Å². The van der Waals surface area contributed by atoms with Crippen molar-refractivity contribution in [2.75, 3.05) is 7.11 Å². The molecule has 0 aromatic heterocycles. The Balaban J connectivity index is 2.58. The highest BCUT2D eigenvalue weighted by Crippen LogP contribution is 2.10. The maximum absolute atomic E-state index is 11.4. The summed E-state index contributed by atoms with van der Waals surface area (Å²) in [5.41, 5.74) is 0.816. The fourth-order valence-electron chi connectivity index (χ4n) is 1.19. The highest BCUT2D eigenvalue weighted by molar-refractivity contribution is 6.30. The van der Waals surface area contributed by atoms with Gasteiger partial charge in [0.2, 0.25) is 0 Å². The van der Waals surface area contributed by atoms with Crippen LogP contribution in [-0.2, 0) is 19.1 Å². The van der Waals surface area contributed by atoms with Gasteiger partial charge in [0.25, 0.3) is 0 Å². The van der Waals surface area contributed by atoms with Crippen molar-refractivity contribution >= 4 is 29.6 Å². The van der Waals surface area contributed by atoms with Gasteiger partial charge < -0.3 is 9.47 Å². The Labute approximate surface area is 116 Å². The highest BCUT2D eigenvalue weighted by Gasteiger charge is 2.02. The van der Waals surface area contributed by atoms with E-state index in [9.17, 15) is 9.59 Å². The van der Waals surface area contributed by atoms with E-state index in [1.807, 2.05) is 0 Å². The third kappa shape index (κ3) is 5.88. The number of hydrogen-bond donors (Lipinski definition) is 0. The second-order valence-corrected chi connectivity index (χ2v) is 4.02. The lowest BCUT2D eigenvalue weighted by Gasteiger charge is -2.00. The van der Waals surface area contributed by atoms with Crippen LogP contribution in [0, 0.1) is 0 Å². The molecule has 1 rings (SSSR count). The average Bonchev–Trinajstić information content (AvgIpc) is 2.37. The number of methoxy groups -OCH3 is 1. The van der Waals surface area contributed by atoms with E-state index in [2.05, 4.69) is 4.74 Å². The zero-order valence-corrected chi connectivity index (χ0v) is 11.3. The molecule has 0 atom stereocenters. The predicted octanol–water partition coefficient (Wildman–Crippen LogP) is 2.97. The smallest absolute Gasteiger partial charge is 0.335 e. The summed E-state index contributed by atoms with van der Waals surface area (Å²) in [7, 11) is 1.24. The fraction of sp³-hybridized carbons (Fsp3) is 0.143. The average molecular weight is 281 g/mol. The van der Waals surface area contributed by atoms with E-state index in [1.54, 1.807) is 30.3 Å². The first kappa shape index (κ1) is 15.0. The van der Waals surface area contributed by atoms with Crippen molar-refractivity contribution in [2.45, 2.75) is 6.92 Å². The third-order valence-electron chi connectivity index (χ3n) is 2.07. The Kier molecular flexibility index (Phi) is 5.82. The lowest BCUT2D eigenvalue weighted by Crippen LogP contribution is -2.02. The van der Waals surface area contributed by atoms with Crippen LogP contribution in [0.1, 0.15) is 12.5 Å². The van der Waals surface area contributed by atoms with Crippen LogP contribution in [0.25, 0.3) is 6.08 Å². The van der Waals surface area contributed by atoms with E-state index in [0.717, 1.165) is 11.6 Å². The minimum absolute atomic E-state index is 0.164. The molecule has 0 spiro atoms. The quantitative estimate of drug-likeness (QED) is 0.483. The minimum Gasteiger partial charge on any atom is -0.466 e. The number of allylic oxidation sites excluding steroid dienone is 1. The summed E-state index contributed by atoms with van der Waals surface area (Å²) in [6, 6.07) is 6.97. The van der Waals surface area contributed by atoms with Crippen molar-refractivity contribution in [2.24, 2.45) is 0 Å². The number of hydrogen-bond acceptors (Lipinski definition) is 4. The molecule has 0 aliphatic rings. The summed E-state index contributed by atoms with van der Waals surface area (Å²) in [6.07, 6.45) is 3.94. The molecular formula is C14H13ClO4. The molecule has 100 valence electrons. The van der Waals surface area contributed by atoms with Crippen molar-refractivity contribution in [3.05, 3.63) is 52.8 Å². The lowest BCUT2D eigenvalue weighted by atomic mass is 10.2. The standard InChI is InChI=1S/C14H13ClO4/c1-10(9-14(17)18-2)19-13(16)8-5-11-3-6-12(15)7-4-11/h3-9H,1-2H3/b8-5+,10-9+. The SMILES string of the molecule is COC(=O)/C=C(\C)OC(=O)/C=C/c1ccc(Cl)cc1. The van der Waals surface area contributed by atoms with Gasteiger partial charge in [-0.15, -0.1) is 0 Å². The van der Waals surface area contributed by atoms with Gasteiger partial charge in [0.1, 0.15) is 5.76 Å². The summed E-state index contributed by atoms with van der Waals surface area (Å²) >= 11 is 5.74. The van der Waals surface area contributed by atoms with Gasteiger partial charge in [0, 0.05) is 11.1 Å². The zero-order valence-electron chi connectivity index (χ0n) is 10.6. The lowest BCUT2D eigenvalue weighted by molar-refractivity contribution is -0.135. The second-order valence-electron chi connectivity index (χ2n) is 3.58. The van der Waals surface area contributed by atoms with Crippen molar-refractivity contribution in [3.8, 4) is 0 Å². The molecule has 0 aliphatic carbocycles. The van der Waals surface area contributed by atoms with E-state index < -0.39 is 11.9 Å². The largest absolute Gasteiger partial charge is 0.466 e. The van der Waals surface area contributed by atoms with Crippen LogP contribution in [0.2, 0.25) is 5.02 Å². The normalized spacial score (nSPS) is 11.4. The molecule has 5 heteroatoms. The number of ether oxygens (including phenoxy) is 2. The van der Waals surface area contributed by atoms with Gasteiger partial charge in [-0.3, -0.25) is 0 Å². The van der Waals surface area contributed by atoms with E-state index in [0.29, 0.717) is 5.02 Å². The van der Waals surface area contributed by atoms with Gasteiger partial charge in [-0.05, 0) is 30.7 Å². The van der Waals surface area contributed by atoms with Crippen LogP contribution >= 0.6 is 11.6 Å². The Hall–Kier alpha value is -2.07. The Morgan fingerprint density at radius 1 is 1.16 bits per heavy atom. The summed E-state index contributed by atoms with van der Waals surface area (Å²) in [5, 5.41) is 0.622. The molecule has 0 unspecified atom stereocenters. The van der Waals surface area contributed by atoms with Gasteiger partial charge in [0.15, 0.2) is 0 Å². The summed E-state index contributed by atoms with van der Waals surface area (Å²) in [6.45, 7) is 1.49.